The molecule has 0 unspecified atom stereocenters. The first-order valence-corrected chi connectivity index (χ1v) is 10.4. The number of rotatable bonds is 7. The molecule has 188 valence electrons. The van der Waals surface area contributed by atoms with E-state index >= 15 is 0 Å². The Morgan fingerprint density at radius 1 is 1.00 bits per heavy atom. The molecule has 1 aliphatic rings. The van der Waals surface area contributed by atoms with Gasteiger partial charge in [0.15, 0.2) is 0 Å². The summed E-state index contributed by atoms with van der Waals surface area (Å²) in [5.74, 6) is -1.99. The van der Waals surface area contributed by atoms with Gasteiger partial charge in [0.05, 0.1) is 30.7 Å². The lowest BCUT2D eigenvalue weighted by Crippen LogP contribution is -2.50. The van der Waals surface area contributed by atoms with Gasteiger partial charge in [-0.25, -0.2) is 13.6 Å². The van der Waals surface area contributed by atoms with Gasteiger partial charge in [-0.2, -0.15) is 13.2 Å². The predicted octanol–water partition coefficient (Wildman–Crippen LogP) is 3.50. The van der Waals surface area contributed by atoms with E-state index in [0.29, 0.717) is 0 Å². The maximum atomic E-state index is 13.2. The number of amides is 3. The molecule has 4 N–H and O–H groups in total. The summed E-state index contributed by atoms with van der Waals surface area (Å²) in [7, 11) is 0. The summed E-state index contributed by atoms with van der Waals surface area (Å²) in [5, 5.41) is 17.1. The number of urea groups is 1. The number of anilines is 1. The van der Waals surface area contributed by atoms with Crippen molar-refractivity contribution in [1.29, 1.82) is 0 Å². The van der Waals surface area contributed by atoms with Crippen LogP contribution in [0.15, 0.2) is 54.6 Å². The molecule has 2 aromatic carbocycles. The molecule has 3 rings (SSSR count). The molecule has 0 aliphatic carbocycles. The monoisotopic (exact) mass is 499 g/mol. The van der Waals surface area contributed by atoms with Crippen LogP contribution in [0, 0.1) is 11.6 Å². The van der Waals surface area contributed by atoms with Crippen LogP contribution in [-0.4, -0.2) is 41.9 Å². The van der Waals surface area contributed by atoms with Crippen molar-refractivity contribution in [3.63, 3.8) is 0 Å². The van der Waals surface area contributed by atoms with E-state index in [-0.39, 0.29) is 24.2 Å². The molecule has 0 fully saturated rings. The minimum atomic E-state index is -4.50. The van der Waals surface area contributed by atoms with Crippen molar-refractivity contribution in [1.82, 2.24) is 10.6 Å². The maximum Gasteiger partial charge on any atom is 0.416 e. The van der Waals surface area contributed by atoms with Crippen LogP contribution in [0.1, 0.15) is 17.5 Å². The molecule has 0 bridgehead atoms. The Morgan fingerprint density at radius 3 is 2.26 bits per heavy atom. The van der Waals surface area contributed by atoms with Gasteiger partial charge in [0, 0.05) is 18.3 Å². The van der Waals surface area contributed by atoms with Crippen molar-refractivity contribution in [2.75, 3.05) is 11.9 Å². The van der Waals surface area contributed by atoms with Gasteiger partial charge >= 0.3 is 12.2 Å². The molecule has 3 atom stereocenters. The van der Waals surface area contributed by atoms with Crippen molar-refractivity contribution in [2.45, 2.75) is 37.4 Å². The van der Waals surface area contributed by atoms with Gasteiger partial charge in [0.1, 0.15) is 17.7 Å². The van der Waals surface area contributed by atoms with Crippen LogP contribution in [0.5, 0.6) is 0 Å². The molecule has 35 heavy (non-hydrogen) atoms. The van der Waals surface area contributed by atoms with E-state index in [0.717, 1.165) is 42.5 Å². The zero-order valence-electron chi connectivity index (χ0n) is 18.1. The molecule has 3 amide bonds. The third-order valence-corrected chi connectivity index (χ3v) is 5.03. The molecular formula is C23H22F5N3O4. The van der Waals surface area contributed by atoms with Crippen LogP contribution in [0.3, 0.4) is 0 Å². The molecule has 1 aliphatic heterocycles. The van der Waals surface area contributed by atoms with E-state index in [2.05, 4.69) is 16.0 Å². The van der Waals surface area contributed by atoms with Crippen molar-refractivity contribution < 1.29 is 41.4 Å². The van der Waals surface area contributed by atoms with Crippen LogP contribution in [0.4, 0.5) is 32.4 Å². The van der Waals surface area contributed by atoms with E-state index in [9.17, 15) is 36.6 Å². The van der Waals surface area contributed by atoms with Crippen LogP contribution in [0.25, 0.3) is 0 Å². The van der Waals surface area contributed by atoms with Crippen molar-refractivity contribution >= 4 is 17.6 Å². The summed E-state index contributed by atoms with van der Waals surface area (Å²) in [4.78, 5) is 24.4. The highest BCUT2D eigenvalue weighted by Crippen LogP contribution is 2.29. The second-order valence-electron chi connectivity index (χ2n) is 7.74. The van der Waals surface area contributed by atoms with Crippen molar-refractivity contribution in [3.8, 4) is 0 Å². The Morgan fingerprint density at radius 2 is 1.66 bits per heavy atom. The minimum absolute atomic E-state index is 0.0956. The van der Waals surface area contributed by atoms with E-state index < -0.39 is 60.2 Å². The number of nitrogens with one attached hydrogen (secondary N) is 3. The van der Waals surface area contributed by atoms with E-state index in [4.69, 9.17) is 4.74 Å². The highest BCUT2D eigenvalue weighted by molar-refractivity contribution is 5.89. The average Bonchev–Trinajstić information content (AvgIpc) is 2.78. The lowest BCUT2D eigenvalue weighted by atomic mass is 10.0. The smallest absolute Gasteiger partial charge is 0.394 e. The summed E-state index contributed by atoms with van der Waals surface area (Å²) in [6, 6.07) is 5.26. The van der Waals surface area contributed by atoms with Gasteiger partial charge in [-0.1, -0.05) is 12.2 Å². The van der Waals surface area contributed by atoms with Gasteiger partial charge < -0.3 is 25.8 Å². The number of carbonyl (C=O) groups excluding carboxylic acids is 2. The average molecular weight is 499 g/mol. The largest absolute Gasteiger partial charge is 0.416 e. The molecule has 0 radical (unpaired) electrons. The topological polar surface area (TPSA) is 99.7 Å². The molecule has 7 nitrogen and oxygen atoms in total. The normalized spacial score (nSPS) is 19.8. The molecule has 0 saturated carbocycles. The van der Waals surface area contributed by atoms with Crippen molar-refractivity contribution in [3.05, 3.63) is 77.4 Å². The molecule has 0 spiro atoms. The van der Waals surface area contributed by atoms with Gasteiger partial charge in [-0.3, -0.25) is 4.79 Å². The Labute approximate surface area is 197 Å². The van der Waals surface area contributed by atoms with Crippen LogP contribution in [-0.2, 0) is 22.3 Å². The first-order valence-electron chi connectivity index (χ1n) is 10.4. The highest BCUT2D eigenvalue weighted by Gasteiger charge is 2.31. The SMILES string of the molecule is O=C(C[C@H]1C=C[C@H](NC(=O)Nc2ccc(C(F)(F)F)cc2)[C@H](CO)O1)NCc1cc(F)cc(F)c1. The fourth-order valence-corrected chi connectivity index (χ4v) is 3.37. The fraction of sp³-hybridized carbons (Fsp3) is 0.304. The quantitative estimate of drug-likeness (QED) is 0.346. The van der Waals surface area contributed by atoms with E-state index in [1.807, 2.05) is 0 Å². The first kappa shape index (κ1) is 26.1. The third kappa shape index (κ3) is 7.76. The number of ether oxygens (including phenoxy) is 1. The molecular weight excluding hydrogens is 477 g/mol. The lowest BCUT2D eigenvalue weighted by Gasteiger charge is -2.31. The number of carbonyl (C=O) groups is 2. The van der Waals surface area contributed by atoms with Crippen molar-refractivity contribution in [2.24, 2.45) is 0 Å². The minimum Gasteiger partial charge on any atom is -0.394 e. The first-order chi connectivity index (χ1) is 16.5. The number of aliphatic hydroxyl groups excluding tert-OH is 1. The summed E-state index contributed by atoms with van der Waals surface area (Å²) in [6.45, 7) is -0.585. The van der Waals surface area contributed by atoms with Gasteiger partial charge in [-0.15, -0.1) is 0 Å². The second kappa shape index (κ2) is 11.3. The number of benzene rings is 2. The summed E-state index contributed by atoms with van der Waals surface area (Å²) < 4.78 is 70.0. The molecule has 12 heteroatoms. The van der Waals surface area contributed by atoms with E-state index in [1.165, 1.54) is 12.2 Å². The standard InChI is InChI=1S/C23H22F5N3O4/c24-15-7-13(8-16(25)9-15)11-29-21(33)10-18-5-6-19(20(12-32)35-18)31-22(34)30-17-3-1-14(2-4-17)23(26,27)28/h1-9,18-20,32H,10-12H2,(H,29,33)(H2,30,31,34)/t18-,19+,20+/m1/s1. The van der Waals surface area contributed by atoms with Gasteiger partial charge in [0.25, 0.3) is 0 Å². The third-order valence-electron chi connectivity index (χ3n) is 5.03. The Hall–Kier alpha value is -3.51. The Kier molecular flexibility index (Phi) is 8.41. The highest BCUT2D eigenvalue weighted by atomic mass is 19.4. The zero-order chi connectivity index (χ0) is 25.6. The van der Waals surface area contributed by atoms with Crippen LogP contribution >= 0.6 is 0 Å². The van der Waals surface area contributed by atoms with Crippen LogP contribution < -0.4 is 16.0 Å². The molecule has 1 heterocycles. The molecule has 2 aromatic rings. The second-order valence-corrected chi connectivity index (χ2v) is 7.74. The van der Waals surface area contributed by atoms with Gasteiger partial charge in [-0.05, 0) is 42.0 Å². The van der Waals surface area contributed by atoms with E-state index in [1.54, 1.807) is 0 Å². The maximum absolute atomic E-state index is 13.2. The zero-order valence-corrected chi connectivity index (χ0v) is 18.1. The fourth-order valence-electron chi connectivity index (χ4n) is 3.37. The number of halogens is 5. The Bertz CT molecular complexity index is 1060. The summed E-state index contributed by atoms with van der Waals surface area (Å²) >= 11 is 0. The van der Waals surface area contributed by atoms with Gasteiger partial charge in [0.2, 0.25) is 5.91 Å². The Balaban J connectivity index is 1.50. The number of alkyl halides is 3. The number of hydrogen-bond acceptors (Lipinski definition) is 4. The predicted molar refractivity (Wildman–Crippen MR) is 115 cm³/mol. The summed E-state index contributed by atoms with van der Waals surface area (Å²) in [5.41, 5.74) is -0.484. The number of hydrogen-bond donors (Lipinski definition) is 4. The number of aliphatic hydroxyl groups is 1. The summed E-state index contributed by atoms with van der Waals surface area (Å²) in [6.07, 6.45) is -3.23. The van der Waals surface area contributed by atoms with Crippen LogP contribution in [0.2, 0.25) is 0 Å². The molecule has 0 saturated heterocycles. The molecule has 0 aromatic heterocycles. The lowest BCUT2D eigenvalue weighted by molar-refractivity contribution is -0.137.